The number of rotatable bonds is 5. The summed E-state index contributed by atoms with van der Waals surface area (Å²) in [5.41, 5.74) is 8.95. The first kappa shape index (κ1) is 14.5. The molecule has 106 valence electrons. The van der Waals surface area contributed by atoms with Gasteiger partial charge in [0.2, 0.25) is 0 Å². The smallest absolute Gasteiger partial charge is 0.165 e. The molecule has 0 spiro atoms. The summed E-state index contributed by atoms with van der Waals surface area (Å²) in [6.07, 6.45) is 3.40. The van der Waals surface area contributed by atoms with Crippen molar-refractivity contribution >= 4 is 0 Å². The lowest BCUT2D eigenvalue weighted by Gasteiger charge is -2.13. The van der Waals surface area contributed by atoms with Crippen LogP contribution in [0, 0.1) is 5.82 Å². The van der Waals surface area contributed by atoms with E-state index in [1.165, 1.54) is 18.7 Å². The molecule has 1 aromatic heterocycles. The van der Waals surface area contributed by atoms with Crippen LogP contribution in [0.15, 0.2) is 36.5 Å². The highest BCUT2D eigenvalue weighted by atomic mass is 19.1. The van der Waals surface area contributed by atoms with Gasteiger partial charge < -0.3 is 10.5 Å². The first-order valence-electron chi connectivity index (χ1n) is 6.67. The molecule has 2 rings (SSSR count). The minimum Gasteiger partial charge on any atom is -0.494 e. The SMILES string of the molecule is CCc1ccc(CC(N)c2ccc(OC)c(F)c2)nc1. The number of pyridine rings is 1. The van der Waals surface area contributed by atoms with Gasteiger partial charge in [-0.05, 0) is 35.7 Å². The van der Waals surface area contributed by atoms with Gasteiger partial charge >= 0.3 is 0 Å². The van der Waals surface area contributed by atoms with Crippen LogP contribution in [0.2, 0.25) is 0 Å². The van der Waals surface area contributed by atoms with E-state index in [9.17, 15) is 4.39 Å². The van der Waals surface area contributed by atoms with Gasteiger partial charge in [-0.25, -0.2) is 4.39 Å². The molecule has 2 aromatic rings. The molecule has 3 nitrogen and oxygen atoms in total. The number of aromatic nitrogens is 1. The Labute approximate surface area is 118 Å². The van der Waals surface area contributed by atoms with E-state index in [1.807, 2.05) is 18.3 Å². The maximum Gasteiger partial charge on any atom is 0.165 e. The van der Waals surface area contributed by atoms with Gasteiger partial charge in [0.25, 0.3) is 0 Å². The second-order valence-electron chi connectivity index (χ2n) is 4.72. The summed E-state index contributed by atoms with van der Waals surface area (Å²) in [7, 11) is 1.44. The Morgan fingerprint density at radius 3 is 2.65 bits per heavy atom. The Morgan fingerprint density at radius 2 is 2.10 bits per heavy atom. The van der Waals surface area contributed by atoms with Crippen LogP contribution in [0.25, 0.3) is 0 Å². The lowest BCUT2D eigenvalue weighted by atomic mass is 10.0. The van der Waals surface area contributed by atoms with E-state index < -0.39 is 5.82 Å². The lowest BCUT2D eigenvalue weighted by molar-refractivity contribution is 0.386. The number of hydrogen-bond donors (Lipinski definition) is 1. The first-order chi connectivity index (χ1) is 9.63. The van der Waals surface area contributed by atoms with Crippen LogP contribution in [-0.4, -0.2) is 12.1 Å². The van der Waals surface area contributed by atoms with Crippen LogP contribution in [0.3, 0.4) is 0 Å². The summed E-state index contributed by atoms with van der Waals surface area (Å²) in [6.45, 7) is 2.09. The number of aryl methyl sites for hydroxylation is 1. The summed E-state index contributed by atoms with van der Waals surface area (Å²) < 4.78 is 18.5. The van der Waals surface area contributed by atoms with Crippen molar-refractivity contribution in [2.24, 2.45) is 5.73 Å². The molecule has 0 aliphatic rings. The Kier molecular flexibility index (Phi) is 4.69. The van der Waals surface area contributed by atoms with Gasteiger partial charge in [0.05, 0.1) is 7.11 Å². The number of methoxy groups -OCH3 is 1. The molecule has 2 N–H and O–H groups in total. The van der Waals surface area contributed by atoms with Crippen molar-refractivity contribution in [1.82, 2.24) is 4.98 Å². The zero-order chi connectivity index (χ0) is 14.5. The van der Waals surface area contributed by atoms with Gasteiger partial charge in [0.1, 0.15) is 0 Å². The van der Waals surface area contributed by atoms with Crippen molar-refractivity contribution in [2.75, 3.05) is 7.11 Å². The van der Waals surface area contributed by atoms with E-state index in [1.54, 1.807) is 12.1 Å². The zero-order valence-corrected chi connectivity index (χ0v) is 11.8. The van der Waals surface area contributed by atoms with Crippen molar-refractivity contribution in [3.8, 4) is 5.75 Å². The van der Waals surface area contributed by atoms with Gasteiger partial charge in [-0.1, -0.05) is 19.1 Å². The quantitative estimate of drug-likeness (QED) is 0.911. The largest absolute Gasteiger partial charge is 0.494 e. The number of ether oxygens (including phenoxy) is 1. The van der Waals surface area contributed by atoms with Crippen LogP contribution in [0.5, 0.6) is 5.75 Å². The van der Waals surface area contributed by atoms with Gasteiger partial charge in [-0.15, -0.1) is 0 Å². The summed E-state index contributed by atoms with van der Waals surface area (Å²) in [6, 6.07) is 8.53. The molecular weight excluding hydrogens is 255 g/mol. The highest BCUT2D eigenvalue weighted by Gasteiger charge is 2.11. The minimum atomic E-state index is -0.394. The van der Waals surface area contributed by atoms with Crippen molar-refractivity contribution < 1.29 is 9.13 Å². The molecule has 4 heteroatoms. The molecule has 1 aromatic carbocycles. The average Bonchev–Trinajstić information content (AvgIpc) is 2.48. The Morgan fingerprint density at radius 1 is 1.30 bits per heavy atom. The van der Waals surface area contributed by atoms with Crippen molar-refractivity contribution in [1.29, 1.82) is 0 Å². The molecule has 1 unspecified atom stereocenters. The monoisotopic (exact) mass is 274 g/mol. The molecule has 1 atom stereocenters. The highest BCUT2D eigenvalue weighted by molar-refractivity contribution is 5.31. The van der Waals surface area contributed by atoms with Gasteiger partial charge in [0, 0.05) is 24.4 Å². The predicted molar refractivity (Wildman–Crippen MR) is 77.2 cm³/mol. The topological polar surface area (TPSA) is 48.1 Å². The van der Waals surface area contributed by atoms with Crippen LogP contribution >= 0.6 is 0 Å². The van der Waals surface area contributed by atoms with Gasteiger partial charge in [-0.2, -0.15) is 0 Å². The normalized spacial score (nSPS) is 12.2. The zero-order valence-electron chi connectivity index (χ0n) is 11.8. The summed E-state index contributed by atoms with van der Waals surface area (Å²) in [4.78, 5) is 4.37. The van der Waals surface area contributed by atoms with Gasteiger partial charge in [0.15, 0.2) is 11.6 Å². The van der Waals surface area contributed by atoms with Gasteiger partial charge in [-0.3, -0.25) is 4.98 Å². The number of nitrogens with two attached hydrogens (primary N) is 1. The molecule has 0 bridgehead atoms. The number of benzene rings is 1. The Hall–Kier alpha value is -1.94. The van der Waals surface area contributed by atoms with E-state index in [0.717, 1.165) is 17.7 Å². The molecule has 0 radical (unpaired) electrons. The molecular formula is C16H19FN2O. The molecule has 0 saturated heterocycles. The third-order valence-corrected chi connectivity index (χ3v) is 3.33. The molecule has 0 amide bonds. The fraction of sp³-hybridized carbons (Fsp3) is 0.312. The molecule has 0 saturated carbocycles. The Bertz CT molecular complexity index is 569. The second-order valence-corrected chi connectivity index (χ2v) is 4.72. The van der Waals surface area contributed by atoms with Crippen molar-refractivity contribution in [3.63, 3.8) is 0 Å². The fourth-order valence-corrected chi connectivity index (χ4v) is 2.04. The van der Waals surface area contributed by atoms with Crippen LogP contribution in [0.1, 0.15) is 29.8 Å². The first-order valence-corrected chi connectivity index (χ1v) is 6.67. The van der Waals surface area contributed by atoms with Crippen molar-refractivity contribution in [2.45, 2.75) is 25.8 Å². The molecule has 1 heterocycles. The number of nitrogens with zero attached hydrogens (tertiary/aromatic N) is 1. The van der Waals surface area contributed by atoms with Crippen LogP contribution in [0.4, 0.5) is 4.39 Å². The highest BCUT2D eigenvalue weighted by Crippen LogP contribution is 2.22. The lowest BCUT2D eigenvalue weighted by Crippen LogP contribution is -2.14. The average molecular weight is 274 g/mol. The van der Waals surface area contributed by atoms with E-state index in [-0.39, 0.29) is 11.8 Å². The second kappa shape index (κ2) is 6.48. The third kappa shape index (κ3) is 3.33. The minimum absolute atomic E-state index is 0.228. The van der Waals surface area contributed by atoms with E-state index in [2.05, 4.69) is 11.9 Å². The summed E-state index contributed by atoms with van der Waals surface area (Å²) in [5.74, 6) is -0.166. The molecule has 0 fully saturated rings. The van der Waals surface area contributed by atoms with E-state index >= 15 is 0 Å². The third-order valence-electron chi connectivity index (χ3n) is 3.33. The number of hydrogen-bond acceptors (Lipinski definition) is 3. The maximum atomic E-state index is 13.7. The summed E-state index contributed by atoms with van der Waals surface area (Å²) >= 11 is 0. The van der Waals surface area contributed by atoms with Crippen molar-refractivity contribution in [3.05, 3.63) is 59.2 Å². The molecule has 0 aliphatic heterocycles. The standard InChI is InChI=1S/C16H19FN2O/c1-3-11-4-6-13(19-10-11)9-15(18)12-5-7-16(20-2)14(17)8-12/h4-8,10,15H,3,9,18H2,1-2H3. The van der Waals surface area contributed by atoms with Crippen LogP contribution < -0.4 is 10.5 Å². The Balaban J connectivity index is 2.10. The fourth-order valence-electron chi connectivity index (χ4n) is 2.04. The molecule has 0 aliphatic carbocycles. The van der Waals surface area contributed by atoms with E-state index in [0.29, 0.717) is 6.42 Å². The van der Waals surface area contributed by atoms with Crippen LogP contribution in [-0.2, 0) is 12.8 Å². The maximum absolute atomic E-state index is 13.7. The summed E-state index contributed by atoms with van der Waals surface area (Å²) in [5, 5.41) is 0. The number of halogens is 1. The molecule has 20 heavy (non-hydrogen) atoms. The predicted octanol–water partition coefficient (Wildman–Crippen LogP) is 3.03. The van der Waals surface area contributed by atoms with E-state index in [4.69, 9.17) is 10.5 Å².